The first-order valence-corrected chi connectivity index (χ1v) is 10.9. The lowest BCUT2D eigenvalue weighted by Crippen LogP contribution is -2.50. The number of nitrogens with one attached hydrogen (secondary N) is 1. The van der Waals surface area contributed by atoms with Crippen molar-refractivity contribution in [2.24, 2.45) is 11.1 Å². The van der Waals surface area contributed by atoms with E-state index < -0.39 is 17.7 Å². The van der Waals surface area contributed by atoms with Gasteiger partial charge in [0.05, 0.1) is 17.8 Å². The van der Waals surface area contributed by atoms with Gasteiger partial charge in [-0.2, -0.15) is 0 Å². The number of β-amino-alcohol motifs (C(OH)–C–C–N with tert-alkyl or cyclic N) is 1. The molecule has 8 heteroatoms. The van der Waals surface area contributed by atoms with E-state index in [4.69, 9.17) is 9.36 Å². The summed E-state index contributed by atoms with van der Waals surface area (Å²) < 4.78 is 5.44. The number of aliphatic hydroxyl groups is 1. The zero-order valence-electron chi connectivity index (χ0n) is 18.0. The number of amidine groups is 1. The molecule has 8 nitrogen and oxygen atoms in total. The monoisotopic (exact) mass is 424 g/mol. The minimum absolute atomic E-state index is 0.0148. The molecule has 1 aliphatic carbocycles. The van der Waals surface area contributed by atoms with Crippen molar-refractivity contribution in [1.29, 1.82) is 0 Å². The number of aromatic nitrogens is 1. The Bertz CT molecular complexity index is 1030. The van der Waals surface area contributed by atoms with E-state index in [9.17, 15) is 9.90 Å². The molecule has 1 aromatic carbocycles. The van der Waals surface area contributed by atoms with Gasteiger partial charge in [0.25, 0.3) is 0 Å². The van der Waals surface area contributed by atoms with Gasteiger partial charge in [-0.15, -0.1) is 0 Å². The number of carbonyl (C=O) groups is 1. The van der Waals surface area contributed by atoms with Crippen LogP contribution in [-0.4, -0.2) is 45.6 Å². The van der Waals surface area contributed by atoms with Crippen molar-refractivity contribution in [1.82, 2.24) is 15.4 Å². The molecule has 1 saturated heterocycles. The smallest absolute Gasteiger partial charge is 0.235 e. The first-order chi connectivity index (χ1) is 14.9. The number of benzene rings is 1. The second kappa shape index (κ2) is 7.37. The molecule has 0 bridgehead atoms. The van der Waals surface area contributed by atoms with Gasteiger partial charge < -0.3 is 24.7 Å². The summed E-state index contributed by atoms with van der Waals surface area (Å²) in [6.45, 7) is 6.07. The van der Waals surface area contributed by atoms with Crippen LogP contribution in [0.1, 0.15) is 55.2 Å². The fraction of sp³-hybridized carbons (Fsp3) is 0.522. The van der Waals surface area contributed by atoms with E-state index in [1.165, 1.54) is 5.56 Å². The maximum absolute atomic E-state index is 13.6. The second-order valence-corrected chi connectivity index (χ2v) is 9.17. The van der Waals surface area contributed by atoms with Crippen molar-refractivity contribution in [3.63, 3.8) is 0 Å². The molecule has 1 amide bonds. The average molecular weight is 425 g/mol. The maximum atomic E-state index is 13.6. The summed E-state index contributed by atoms with van der Waals surface area (Å²) in [5.41, 5.74) is 2.38. The molecule has 3 aliphatic rings. The number of carbonyl (C=O) groups excluding carboxylic acids is 1. The number of nitrogens with zero attached hydrogens (tertiary/aromatic N) is 3. The molecular weight excluding hydrogens is 396 g/mol. The summed E-state index contributed by atoms with van der Waals surface area (Å²) in [6, 6.07) is 9.62. The van der Waals surface area contributed by atoms with Crippen LogP contribution in [0.5, 0.6) is 0 Å². The highest BCUT2D eigenvalue weighted by Crippen LogP contribution is 2.41. The van der Waals surface area contributed by atoms with Crippen LogP contribution in [0.25, 0.3) is 0 Å². The third kappa shape index (κ3) is 3.29. The van der Waals surface area contributed by atoms with E-state index in [1.54, 1.807) is 4.90 Å². The Labute approximate surface area is 181 Å². The number of amides is 1. The maximum Gasteiger partial charge on any atom is 0.235 e. The number of oxime groups is 1. The lowest BCUT2D eigenvalue weighted by molar-refractivity contribution is -0.134. The van der Waals surface area contributed by atoms with E-state index in [-0.39, 0.29) is 24.4 Å². The van der Waals surface area contributed by atoms with Crippen molar-refractivity contribution >= 4 is 11.7 Å². The zero-order valence-corrected chi connectivity index (χ0v) is 18.0. The predicted octanol–water partition coefficient (Wildman–Crippen LogP) is 2.42. The molecule has 31 heavy (non-hydrogen) atoms. The third-order valence-corrected chi connectivity index (χ3v) is 6.59. The van der Waals surface area contributed by atoms with E-state index in [0.29, 0.717) is 18.0 Å². The molecule has 164 valence electrons. The van der Waals surface area contributed by atoms with E-state index >= 15 is 0 Å². The van der Waals surface area contributed by atoms with Gasteiger partial charge >= 0.3 is 0 Å². The van der Waals surface area contributed by atoms with Crippen molar-refractivity contribution < 1.29 is 19.3 Å². The largest absolute Gasteiger partial charge is 0.391 e. The van der Waals surface area contributed by atoms with Gasteiger partial charge in [0.15, 0.2) is 5.84 Å². The topological polar surface area (TPSA) is 100 Å². The van der Waals surface area contributed by atoms with Gasteiger partial charge in [0, 0.05) is 31.0 Å². The number of fused-ring (bicyclic) bond motifs is 2. The van der Waals surface area contributed by atoms with Crippen LogP contribution in [0.4, 0.5) is 0 Å². The normalized spacial score (nSPS) is 27.9. The summed E-state index contributed by atoms with van der Waals surface area (Å²) in [7, 11) is 0. The first-order valence-electron chi connectivity index (χ1n) is 10.9. The number of aryl methyl sites for hydroxylation is 2. The zero-order chi connectivity index (χ0) is 21.8. The van der Waals surface area contributed by atoms with Crippen molar-refractivity contribution in [3.8, 4) is 0 Å². The summed E-state index contributed by atoms with van der Waals surface area (Å²) in [5, 5.41) is 22.2. The van der Waals surface area contributed by atoms with Crippen molar-refractivity contribution in [2.45, 2.75) is 63.8 Å². The number of rotatable bonds is 4. The molecule has 3 heterocycles. The highest BCUT2D eigenvalue weighted by Gasteiger charge is 2.50. The third-order valence-electron chi connectivity index (χ3n) is 6.59. The highest BCUT2D eigenvalue weighted by atomic mass is 16.7. The van der Waals surface area contributed by atoms with Gasteiger partial charge in [0.1, 0.15) is 11.7 Å². The van der Waals surface area contributed by atoms with Crippen molar-refractivity contribution in [3.05, 3.63) is 52.9 Å². The molecule has 4 atom stereocenters. The average Bonchev–Trinajstić information content (AvgIpc) is 3.51. The fourth-order valence-corrected chi connectivity index (χ4v) is 5.09. The van der Waals surface area contributed by atoms with Gasteiger partial charge in [-0.1, -0.05) is 48.4 Å². The van der Waals surface area contributed by atoms with Gasteiger partial charge in [0.2, 0.25) is 11.6 Å². The molecular formula is C23H28N4O4. The molecule has 1 fully saturated rings. The second-order valence-electron chi connectivity index (χ2n) is 9.17. The number of hydrogen-bond acceptors (Lipinski definition) is 7. The van der Waals surface area contributed by atoms with E-state index in [0.717, 1.165) is 24.1 Å². The highest BCUT2D eigenvalue weighted by molar-refractivity contribution is 5.94. The Morgan fingerprint density at radius 1 is 1.35 bits per heavy atom. The Morgan fingerprint density at radius 3 is 2.90 bits per heavy atom. The molecule has 1 unspecified atom stereocenters. The summed E-state index contributed by atoms with van der Waals surface area (Å²) in [6.07, 6.45) is 1.48. The summed E-state index contributed by atoms with van der Waals surface area (Å²) in [5.74, 6) is 0.596. The van der Waals surface area contributed by atoms with Crippen LogP contribution < -0.4 is 5.32 Å². The first kappa shape index (κ1) is 20.1. The standard InChI is InChI=1S/C23H28N4O4/c1-13(2)20(19-10-14(3)25-30-19)22(29)27-12-16(28)11-18(27)21-24-23(31-26-21)9-8-15-6-4-5-7-17(15)23/h4-7,10,13,16,18,20,28H,8-9,11-12H2,1-3H3,(H,24,26)/t16-,18+,20+,23?/m1/s1. The predicted molar refractivity (Wildman–Crippen MR) is 113 cm³/mol. The lowest BCUT2D eigenvalue weighted by atomic mass is 9.91. The van der Waals surface area contributed by atoms with Crippen LogP contribution in [-0.2, 0) is 21.8 Å². The van der Waals surface area contributed by atoms with Crippen molar-refractivity contribution in [2.75, 3.05) is 6.54 Å². The number of hydrogen-bond donors (Lipinski definition) is 2. The molecule has 2 aliphatic heterocycles. The molecule has 0 radical (unpaired) electrons. The number of likely N-dealkylation sites (tertiary alicyclic amines) is 1. The van der Waals surface area contributed by atoms with E-state index in [2.05, 4.69) is 27.8 Å². The SMILES string of the molecule is Cc1cc([C@@H](C(=O)N2C[C@H](O)C[C@H]2C2=NOC3(CCc4ccccc43)N2)C(C)C)on1. The van der Waals surface area contributed by atoms with Crippen LogP contribution in [0, 0.1) is 12.8 Å². The summed E-state index contributed by atoms with van der Waals surface area (Å²) >= 11 is 0. The number of aliphatic hydroxyl groups excluding tert-OH is 1. The Morgan fingerprint density at radius 2 is 2.16 bits per heavy atom. The van der Waals surface area contributed by atoms with Crippen LogP contribution in [0.2, 0.25) is 0 Å². The molecule has 1 aromatic heterocycles. The quantitative estimate of drug-likeness (QED) is 0.782. The van der Waals surface area contributed by atoms with Gasteiger partial charge in [-0.05, 0) is 24.8 Å². The van der Waals surface area contributed by atoms with E-state index in [1.807, 2.05) is 39.0 Å². The minimum atomic E-state index is -0.687. The molecule has 2 aromatic rings. The summed E-state index contributed by atoms with van der Waals surface area (Å²) in [4.78, 5) is 21.3. The molecule has 2 N–H and O–H groups in total. The van der Waals surface area contributed by atoms with Gasteiger partial charge in [-0.25, -0.2) is 0 Å². The minimum Gasteiger partial charge on any atom is -0.391 e. The Kier molecular flexibility index (Phi) is 4.77. The Balaban J connectivity index is 1.40. The Hall–Kier alpha value is -2.87. The fourth-order valence-electron chi connectivity index (χ4n) is 5.09. The van der Waals surface area contributed by atoms with Gasteiger partial charge in [-0.3, -0.25) is 4.79 Å². The lowest BCUT2D eigenvalue weighted by Gasteiger charge is -2.30. The van der Waals surface area contributed by atoms with Crippen LogP contribution in [0.15, 0.2) is 40.0 Å². The molecule has 1 spiro atoms. The van der Waals surface area contributed by atoms with Crippen LogP contribution >= 0.6 is 0 Å². The molecule has 5 rings (SSSR count). The van der Waals surface area contributed by atoms with Crippen LogP contribution in [0.3, 0.4) is 0 Å². The molecule has 0 saturated carbocycles.